The third-order valence-electron chi connectivity index (χ3n) is 5.79. The molecule has 1 aromatic carbocycles. The highest BCUT2D eigenvalue weighted by molar-refractivity contribution is 5.96. The van der Waals surface area contributed by atoms with Crippen molar-refractivity contribution in [2.24, 2.45) is 7.05 Å². The van der Waals surface area contributed by atoms with E-state index >= 15 is 0 Å². The van der Waals surface area contributed by atoms with Gasteiger partial charge in [-0.2, -0.15) is 5.10 Å². The maximum atomic E-state index is 12.6. The molecule has 1 aromatic heterocycles. The second-order valence-electron chi connectivity index (χ2n) is 7.79. The van der Waals surface area contributed by atoms with Crippen molar-refractivity contribution in [3.8, 4) is 0 Å². The number of likely N-dealkylation sites (tertiary alicyclic amines) is 1. The monoisotopic (exact) mass is 404 g/mol. The summed E-state index contributed by atoms with van der Waals surface area (Å²) in [4.78, 5) is 16.9. The number of ether oxygens (including phenoxy) is 1. The van der Waals surface area contributed by atoms with Crippen LogP contribution in [0, 0.1) is 0 Å². The van der Waals surface area contributed by atoms with Crippen molar-refractivity contribution in [3.05, 3.63) is 48.2 Å². The number of piperidine rings is 1. The zero-order chi connectivity index (χ0) is 18.9. The zero-order valence-electron chi connectivity index (χ0n) is 16.6. The van der Waals surface area contributed by atoms with E-state index in [1.54, 1.807) is 4.68 Å². The molecule has 2 fully saturated rings. The molecule has 1 amide bonds. The minimum Gasteiger partial charge on any atom is -0.360 e. The van der Waals surface area contributed by atoms with E-state index in [0.717, 1.165) is 44.7 Å². The molecule has 1 atom stereocenters. The van der Waals surface area contributed by atoms with Gasteiger partial charge in [0.25, 0.3) is 5.91 Å². The van der Waals surface area contributed by atoms with Gasteiger partial charge in [-0.3, -0.25) is 14.4 Å². The first kappa shape index (κ1) is 20.8. The van der Waals surface area contributed by atoms with Gasteiger partial charge in [-0.05, 0) is 31.7 Å². The van der Waals surface area contributed by atoms with Crippen molar-refractivity contribution in [1.82, 2.24) is 14.7 Å². The molecule has 3 heterocycles. The highest BCUT2D eigenvalue weighted by Crippen LogP contribution is 2.34. The van der Waals surface area contributed by atoms with Gasteiger partial charge in [0.15, 0.2) is 5.82 Å². The molecule has 2 aliphatic heterocycles. The van der Waals surface area contributed by atoms with Crippen LogP contribution in [0.3, 0.4) is 0 Å². The Kier molecular flexibility index (Phi) is 6.43. The van der Waals surface area contributed by atoms with Crippen LogP contribution >= 0.6 is 12.4 Å². The molecule has 7 heteroatoms. The topological polar surface area (TPSA) is 50.6 Å². The first-order valence-corrected chi connectivity index (χ1v) is 9.80. The largest absolute Gasteiger partial charge is 0.360 e. The predicted octanol–water partition coefficient (Wildman–Crippen LogP) is 2.67. The number of aryl methyl sites for hydroxylation is 1. The van der Waals surface area contributed by atoms with Crippen LogP contribution in [0.25, 0.3) is 0 Å². The van der Waals surface area contributed by atoms with Crippen LogP contribution in [0.5, 0.6) is 0 Å². The lowest BCUT2D eigenvalue weighted by molar-refractivity contribution is -0.161. The second-order valence-corrected chi connectivity index (χ2v) is 7.79. The summed E-state index contributed by atoms with van der Waals surface area (Å²) in [5.74, 6) is 0.731. The molecule has 1 spiro atoms. The van der Waals surface area contributed by atoms with Crippen molar-refractivity contribution in [2.75, 3.05) is 31.1 Å². The highest BCUT2D eigenvalue weighted by atomic mass is 35.5. The van der Waals surface area contributed by atoms with Crippen molar-refractivity contribution in [1.29, 1.82) is 0 Å². The molecule has 0 radical (unpaired) electrons. The summed E-state index contributed by atoms with van der Waals surface area (Å²) in [5.41, 5.74) is 1.13. The van der Waals surface area contributed by atoms with Gasteiger partial charge in [0, 0.05) is 38.9 Å². The number of hydrogen-bond acceptors (Lipinski definition) is 4. The minimum absolute atomic E-state index is 0. The maximum absolute atomic E-state index is 12.6. The fourth-order valence-corrected chi connectivity index (χ4v) is 4.18. The van der Waals surface area contributed by atoms with Crippen molar-refractivity contribution < 1.29 is 9.53 Å². The van der Waals surface area contributed by atoms with Crippen LogP contribution in [0.15, 0.2) is 42.6 Å². The zero-order valence-corrected chi connectivity index (χ0v) is 17.4. The summed E-state index contributed by atoms with van der Waals surface area (Å²) in [6.07, 6.45) is 4.42. The van der Waals surface area contributed by atoms with Gasteiger partial charge in [-0.1, -0.05) is 30.3 Å². The van der Waals surface area contributed by atoms with Gasteiger partial charge in [-0.15, -0.1) is 12.4 Å². The SMILES string of the molecule is CC1OC2(CCN(CCc3ccccc3)CC2)CN(c2ccn(C)n2)C1=O.Cl. The normalized spacial score (nSPS) is 22.3. The van der Waals surface area contributed by atoms with Crippen LogP contribution in [0.4, 0.5) is 5.82 Å². The van der Waals surface area contributed by atoms with Gasteiger partial charge in [0.2, 0.25) is 0 Å². The third kappa shape index (κ3) is 4.40. The number of carbonyl (C=O) groups excluding carboxylic acids is 1. The summed E-state index contributed by atoms with van der Waals surface area (Å²) >= 11 is 0. The maximum Gasteiger partial charge on any atom is 0.257 e. The lowest BCUT2D eigenvalue weighted by Crippen LogP contribution is -2.61. The van der Waals surface area contributed by atoms with E-state index in [1.807, 2.05) is 31.1 Å². The number of carbonyl (C=O) groups is 1. The number of amides is 1. The Labute approximate surface area is 172 Å². The highest BCUT2D eigenvalue weighted by Gasteiger charge is 2.46. The number of nitrogens with zero attached hydrogens (tertiary/aromatic N) is 4. The lowest BCUT2D eigenvalue weighted by Gasteiger charge is -2.48. The molecular weight excluding hydrogens is 376 g/mol. The fourth-order valence-electron chi connectivity index (χ4n) is 4.18. The first-order valence-electron chi connectivity index (χ1n) is 9.80. The molecule has 6 nitrogen and oxygen atoms in total. The van der Waals surface area contributed by atoms with Gasteiger partial charge in [0.1, 0.15) is 6.10 Å². The molecule has 2 aromatic rings. The number of benzene rings is 1. The minimum atomic E-state index is -0.420. The molecule has 28 heavy (non-hydrogen) atoms. The molecule has 0 N–H and O–H groups in total. The van der Waals surface area contributed by atoms with Crippen molar-refractivity contribution in [3.63, 3.8) is 0 Å². The summed E-state index contributed by atoms with van der Waals surface area (Å²) in [5, 5.41) is 4.43. The quantitative estimate of drug-likeness (QED) is 0.786. The number of aromatic nitrogens is 2. The molecule has 0 saturated carbocycles. The Balaban J connectivity index is 0.00000225. The third-order valence-corrected chi connectivity index (χ3v) is 5.79. The van der Waals surface area contributed by atoms with Crippen molar-refractivity contribution in [2.45, 2.75) is 37.9 Å². The molecule has 0 aliphatic carbocycles. The van der Waals surface area contributed by atoms with E-state index in [9.17, 15) is 4.79 Å². The van der Waals surface area contributed by atoms with Crippen LogP contribution in [-0.2, 0) is 23.0 Å². The smallest absolute Gasteiger partial charge is 0.257 e. The Hall–Kier alpha value is -1.89. The Morgan fingerprint density at radius 1 is 1.18 bits per heavy atom. The van der Waals surface area contributed by atoms with Crippen LogP contribution in [-0.4, -0.2) is 58.5 Å². The van der Waals surface area contributed by atoms with E-state index < -0.39 is 6.10 Å². The number of rotatable bonds is 4. The number of morpholine rings is 1. The molecule has 152 valence electrons. The average molecular weight is 405 g/mol. The molecule has 0 bridgehead atoms. The van der Waals surface area contributed by atoms with Gasteiger partial charge in [0.05, 0.1) is 12.1 Å². The van der Waals surface area contributed by atoms with E-state index in [2.05, 4.69) is 40.3 Å². The van der Waals surface area contributed by atoms with E-state index in [4.69, 9.17) is 4.74 Å². The van der Waals surface area contributed by atoms with Gasteiger partial charge >= 0.3 is 0 Å². The van der Waals surface area contributed by atoms with E-state index in [0.29, 0.717) is 6.54 Å². The van der Waals surface area contributed by atoms with Crippen LogP contribution in [0.1, 0.15) is 25.3 Å². The number of anilines is 1. The Morgan fingerprint density at radius 3 is 2.54 bits per heavy atom. The lowest BCUT2D eigenvalue weighted by atomic mass is 9.88. The van der Waals surface area contributed by atoms with Crippen LogP contribution < -0.4 is 4.90 Å². The number of hydrogen-bond donors (Lipinski definition) is 0. The molecule has 2 aliphatic rings. The second kappa shape index (κ2) is 8.64. The van der Waals surface area contributed by atoms with Crippen molar-refractivity contribution >= 4 is 24.1 Å². The Bertz CT molecular complexity index is 787. The summed E-state index contributed by atoms with van der Waals surface area (Å²) in [6, 6.07) is 12.5. The van der Waals surface area contributed by atoms with Crippen LogP contribution in [0.2, 0.25) is 0 Å². The molecule has 4 rings (SSSR count). The summed E-state index contributed by atoms with van der Waals surface area (Å²) in [7, 11) is 1.87. The predicted molar refractivity (Wildman–Crippen MR) is 112 cm³/mol. The fraction of sp³-hybridized carbons (Fsp3) is 0.524. The molecule has 2 saturated heterocycles. The van der Waals surface area contributed by atoms with Gasteiger partial charge in [-0.25, -0.2) is 0 Å². The molecule has 1 unspecified atom stereocenters. The summed E-state index contributed by atoms with van der Waals surface area (Å²) < 4.78 is 7.98. The number of halogens is 1. The van der Waals surface area contributed by atoms with E-state index in [1.165, 1.54) is 5.56 Å². The summed E-state index contributed by atoms with van der Waals surface area (Å²) in [6.45, 7) is 5.53. The first-order chi connectivity index (χ1) is 13.0. The average Bonchev–Trinajstić information content (AvgIpc) is 3.11. The van der Waals surface area contributed by atoms with E-state index in [-0.39, 0.29) is 23.9 Å². The standard InChI is InChI=1S/C21H28N4O2.ClH/c1-17-20(26)25(19-9-12-23(2)22-19)16-21(27-17)10-14-24(15-11-21)13-8-18-6-4-3-5-7-18;/h3-7,9,12,17H,8,10-11,13-16H2,1-2H3;1H. The Morgan fingerprint density at radius 2 is 1.89 bits per heavy atom. The van der Waals surface area contributed by atoms with Gasteiger partial charge < -0.3 is 9.64 Å². The molecular formula is C21H29ClN4O2.